The molecule has 5 rings (SSSR count). The van der Waals surface area contributed by atoms with Gasteiger partial charge in [-0.1, -0.05) is 0 Å². The van der Waals surface area contributed by atoms with Crippen molar-refractivity contribution >= 4 is 22.1 Å². The lowest BCUT2D eigenvalue weighted by atomic mass is 10.1. The molecule has 0 aromatic carbocycles. The van der Waals surface area contributed by atoms with Crippen LogP contribution in [0.15, 0.2) is 55.0 Å². The standard InChI is InChI=1S/C22H21N7O/c1-29(2)8-9-30-16-10-15(12-23-13-16)17-5-6-18-20(25-17)21(28-27-18)19-11-14-4-3-7-24-22(14)26-19/h3-7,10-13H,8-9H2,1-2H3,(H,24,26)(H,27,28). The van der Waals surface area contributed by atoms with Gasteiger partial charge in [-0.25, -0.2) is 9.97 Å². The molecule has 0 atom stereocenters. The second kappa shape index (κ2) is 7.57. The molecule has 5 heterocycles. The van der Waals surface area contributed by atoms with Crippen LogP contribution in [0.2, 0.25) is 0 Å². The van der Waals surface area contributed by atoms with Gasteiger partial charge < -0.3 is 14.6 Å². The average Bonchev–Trinajstić information content (AvgIpc) is 3.37. The Labute approximate surface area is 173 Å². The summed E-state index contributed by atoms with van der Waals surface area (Å²) in [7, 11) is 4.03. The quantitative estimate of drug-likeness (QED) is 0.454. The highest BCUT2D eigenvalue weighted by molar-refractivity contribution is 5.93. The summed E-state index contributed by atoms with van der Waals surface area (Å²) in [6.45, 7) is 1.44. The summed E-state index contributed by atoms with van der Waals surface area (Å²) in [4.78, 5) is 18.9. The zero-order valence-corrected chi connectivity index (χ0v) is 16.8. The molecule has 0 bridgehead atoms. The van der Waals surface area contributed by atoms with Crippen molar-refractivity contribution in [3.63, 3.8) is 0 Å². The molecule has 0 fully saturated rings. The fourth-order valence-electron chi connectivity index (χ4n) is 3.32. The van der Waals surface area contributed by atoms with Gasteiger partial charge in [-0.2, -0.15) is 5.10 Å². The van der Waals surface area contributed by atoms with Gasteiger partial charge in [0, 0.05) is 29.9 Å². The Morgan fingerprint density at radius 3 is 2.90 bits per heavy atom. The lowest BCUT2D eigenvalue weighted by Crippen LogP contribution is -2.19. The van der Waals surface area contributed by atoms with Crippen molar-refractivity contribution in [1.29, 1.82) is 0 Å². The normalized spacial score (nSPS) is 11.6. The molecule has 5 aromatic heterocycles. The summed E-state index contributed by atoms with van der Waals surface area (Å²) in [5, 5.41) is 8.57. The van der Waals surface area contributed by atoms with Crippen LogP contribution in [-0.4, -0.2) is 62.3 Å². The summed E-state index contributed by atoms with van der Waals surface area (Å²) in [6.07, 6.45) is 5.28. The van der Waals surface area contributed by atoms with Crippen LogP contribution in [0, 0.1) is 0 Å². The van der Waals surface area contributed by atoms with Crippen LogP contribution >= 0.6 is 0 Å². The number of likely N-dealkylation sites (N-methyl/N-ethyl adjacent to an activating group) is 1. The summed E-state index contributed by atoms with van der Waals surface area (Å²) < 4.78 is 5.82. The lowest BCUT2D eigenvalue weighted by molar-refractivity contribution is 0.261. The van der Waals surface area contributed by atoms with E-state index in [-0.39, 0.29) is 0 Å². The van der Waals surface area contributed by atoms with E-state index in [1.54, 1.807) is 18.6 Å². The highest BCUT2D eigenvalue weighted by Gasteiger charge is 2.14. The Hall–Kier alpha value is -3.78. The van der Waals surface area contributed by atoms with Crippen molar-refractivity contribution in [1.82, 2.24) is 35.0 Å². The molecule has 0 unspecified atom stereocenters. The van der Waals surface area contributed by atoms with Gasteiger partial charge in [0.2, 0.25) is 0 Å². The van der Waals surface area contributed by atoms with E-state index in [1.165, 1.54) is 0 Å². The maximum absolute atomic E-state index is 5.82. The predicted octanol–water partition coefficient (Wildman–Crippen LogP) is 3.50. The number of hydrogen-bond donors (Lipinski definition) is 2. The van der Waals surface area contributed by atoms with Crippen molar-refractivity contribution in [2.24, 2.45) is 0 Å². The van der Waals surface area contributed by atoms with E-state index in [4.69, 9.17) is 9.72 Å². The zero-order chi connectivity index (χ0) is 20.5. The summed E-state index contributed by atoms with van der Waals surface area (Å²) in [5.74, 6) is 0.727. The molecule has 0 aliphatic carbocycles. The Kier molecular flexibility index (Phi) is 4.61. The van der Waals surface area contributed by atoms with Crippen molar-refractivity contribution in [2.45, 2.75) is 0 Å². The van der Waals surface area contributed by atoms with E-state index in [1.807, 2.05) is 50.5 Å². The molecule has 0 saturated heterocycles. The van der Waals surface area contributed by atoms with Gasteiger partial charge in [0.25, 0.3) is 0 Å². The van der Waals surface area contributed by atoms with E-state index in [0.29, 0.717) is 6.61 Å². The fourth-order valence-corrected chi connectivity index (χ4v) is 3.32. The highest BCUT2D eigenvalue weighted by atomic mass is 16.5. The van der Waals surface area contributed by atoms with Crippen molar-refractivity contribution in [3.05, 3.63) is 55.0 Å². The molecule has 0 aliphatic heterocycles. The van der Waals surface area contributed by atoms with Crippen molar-refractivity contribution in [3.8, 4) is 28.4 Å². The molecule has 5 aromatic rings. The molecule has 0 radical (unpaired) electrons. The number of fused-ring (bicyclic) bond motifs is 2. The van der Waals surface area contributed by atoms with Crippen LogP contribution < -0.4 is 4.74 Å². The second-order valence-electron chi connectivity index (χ2n) is 7.35. The third kappa shape index (κ3) is 3.48. The number of aromatic nitrogens is 6. The fraction of sp³-hybridized carbons (Fsp3) is 0.182. The molecule has 30 heavy (non-hydrogen) atoms. The van der Waals surface area contributed by atoms with Crippen molar-refractivity contribution < 1.29 is 4.74 Å². The number of nitrogens with zero attached hydrogens (tertiary/aromatic N) is 5. The first-order chi connectivity index (χ1) is 14.7. The highest BCUT2D eigenvalue weighted by Crippen LogP contribution is 2.29. The molecule has 0 saturated carbocycles. The largest absolute Gasteiger partial charge is 0.491 e. The number of nitrogens with one attached hydrogen (secondary N) is 2. The summed E-state index contributed by atoms with van der Waals surface area (Å²) in [6, 6.07) is 11.9. The van der Waals surface area contributed by atoms with E-state index in [0.717, 1.165) is 57.0 Å². The number of aromatic amines is 2. The molecule has 0 amide bonds. The van der Waals surface area contributed by atoms with Gasteiger partial charge in [0.1, 0.15) is 29.2 Å². The topological polar surface area (TPSA) is 95.6 Å². The summed E-state index contributed by atoms with van der Waals surface area (Å²) in [5.41, 5.74) is 5.82. The van der Waals surface area contributed by atoms with Gasteiger partial charge >= 0.3 is 0 Å². The SMILES string of the molecule is CN(C)CCOc1cncc(-c2ccc3[nH]nc(-c4cc5cccnc5[nH]4)c3n2)c1. The van der Waals surface area contributed by atoms with Crippen LogP contribution in [0.1, 0.15) is 0 Å². The Morgan fingerprint density at radius 1 is 1.10 bits per heavy atom. The molecule has 8 nitrogen and oxygen atoms in total. The van der Waals surface area contributed by atoms with E-state index >= 15 is 0 Å². The van der Waals surface area contributed by atoms with Gasteiger partial charge in [-0.05, 0) is 50.5 Å². The maximum atomic E-state index is 5.82. The number of hydrogen-bond acceptors (Lipinski definition) is 6. The number of H-pyrrole nitrogens is 2. The van der Waals surface area contributed by atoms with E-state index < -0.39 is 0 Å². The first-order valence-corrected chi connectivity index (χ1v) is 9.69. The minimum Gasteiger partial charge on any atom is -0.491 e. The number of pyridine rings is 3. The minimum atomic E-state index is 0.602. The van der Waals surface area contributed by atoms with Crippen LogP contribution in [-0.2, 0) is 0 Å². The molecular formula is C22H21N7O. The molecule has 8 heteroatoms. The average molecular weight is 399 g/mol. The van der Waals surface area contributed by atoms with E-state index in [2.05, 4.69) is 30.0 Å². The monoisotopic (exact) mass is 399 g/mol. The molecule has 0 spiro atoms. The van der Waals surface area contributed by atoms with Crippen LogP contribution in [0.4, 0.5) is 0 Å². The minimum absolute atomic E-state index is 0.602. The van der Waals surface area contributed by atoms with Gasteiger partial charge in [-0.15, -0.1) is 0 Å². The molecule has 0 aliphatic rings. The van der Waals surface area contributed by atoms with Crippen LogP contribution in [0.5, 0.6) is 5.75 Å². The Balaban J connectivity index is 1.50. The molecular weight excluding hydrogens is 378 g/mol. The maximum Gasteiger partial charge on any atom is 0.138 e. The zero-order valence-electron chi connectivity index (χ0n) is 16.8. The third-order valence-corrected chi connectivity index (χ3v) is 4.87. The van der Waals surface area contributed by atoms with Crippen molar-refractivity contribution in [2.75, 3.05) is 27.2 Å². The lowest BCUT2D eigenvalue weighted by Gasteiger charge is -2.11. The Bertz CT molecular complexity index is 1290. The third-order valence-electron chi connectivity index (χ3n) is 4.87. The smallest absolute Gasteiger partial charge is 0.138 e. The van der Waals surface area contributed by atoms with Gasteiger partial charge in [0.05, 0.1) is 23.1 Å². The first kappa shape index (κ1) is 18.3. The van der Waals surface area contributed by atoms with Crippen LogP contribution in [0.3, 0.4) is 0 Å². The predicted molar refractivity (Wildman–Crippen MR) is 116 cm³/mol. The molecule has 2 N–H and O–H groups in total. The van der Waals surface area contributed by atoms with E-state index in [9.17, 15) is 0 Å². The Morgan fingerprint density at radius 2 is 2.03 bits per heavy atom. The van der Waals surface area contributed by atoms with Gasteiger partial charge in [-0.3, -0.25) is 10.1 Å². The van der Waals surface area contributed by atoms with Crippen LogP contribution in [0.25, 0.3) is 44.7 Å². The van der Waals surface area contributed by atoms with Gasteiger partial charge in [0.15, 0.2) is 0 Å². The number of rotatable bonds is 6. The molecule has 150 valence electrons. The number of ether oxygens (including phenoxy) is 1. The summed E-state index contributed by atoms with van der Waals surface area (Å²) >= 11 is 0. The second-order valence-corrected chi connectivity index (χ2v) is 7.35. The first-order valence-electron chi connectivity index (χ1n) is 9.69.